The van der Waals surface area contributed by atoms with Gasteiger partial charge in [-0.05, 0) is 5.56 Å². The van der Waals surface area contributed by atoms with E-state index in [4.69, 9.17) is 5.73 Å². The zero-order valence-corrected chi connectivity index (χ0v) is 10.6. The number of methoxy groups -OCH3 is 1. The van der Waals surface area contributed by atoms with E-state index in [9.17, 15) is 9.59 Å². The molecule has 0 aliphatic carbocycles. The van der Waals surface area contributed by atoms with E-state index in [0.717, 1.165) is 5.56 Å². The van der Waals surface area contributed by atoms with E-state index in [1.165, 1.54) is 13.2 Å². The second-order valence-electron chi connectivity index (χ2n) is 4.06. The lowest BCUT2D eigenvalue weighted by Crippen LogP contribution is -2.16. The van der Waals surface area contributed by atoms with Gasteiger partial charge in [0, 0.05) is 18.2 Å². The summed E-state index contributed by atoms with van der Waals surface area (Å²) in [5, 5.41) is 0. The minimum atomic E-state index is -0.456. The zero-order valence-electron chi connectivity index (χ0n) is 10.6. The van der Waals surface area contributed by atoms with Gasteiger partial charge in [0.15, 0.2) is 5.78 Å². The molecule has 96 valence electrons. The highest BCUT2D eigenvalue weighted by atomic mass is 16.5. The molecule has 1 unspecified atom stereocenters. The topological polar surface area (TPSA) is 69.4 Å². The van der Waals surface area contributed by atoms with Crippen LogP contribution in [0.25, 0.3) is 5.70 Å². The monoisotopic (exact) mass is 247 g/mol. The van der Waals surface area contributed by atoms with Crippen molar-refractivity contribution in [3.05, 3.63) is 42.0 Å². The first-order valence-corrected chi connectivity index (χ1v) is 5.68. The molecule has 18 heavy (non-hydrogen) atoms. The Hall–Kier alpha value is -2.10. The minimum absolute atomic E-state index is 0.0974. The molecule has 0 fully saturated rings. The van der Waals surface area contributed by atoms with E-state index < -0.39 is 11.9 Å². The Balaban J connectivity index is 2.67. The van der Waals surface area contributed by atoms with Gasteiger partial charge in [0.1, 0.15) is 0 Å². The Bertz CT molecular complexity index is 451. The van der Waals surface area contributed by atoms with Crippen molar-refractivity contribution in [2.75, 3.05) is 7.11 Å². The highest BCUT2D eigenvalue weighted by Gasteiger charge is 2.16. The summed E-state index contributed by atoms with van der Waals surface area (Å²) in [4.78, 5) is 22.9. The Kier molecular flexibility index (Phi) is 5.11. The van der Waals surface area contributed by atoms with Crippen molar-refractivity contribution in [1.82, 2.24) is 0 Å². The lowest BCUT2D eigenvalue weighted by Gasteiger charge is -2.06. The number of ketones is 1. The fraction of sp³-hybridized carbons (Fsp3) is 0.286. The van der Waals surface area contributed by atoms with Gasteiger partial charge in [0.25, 0.3) is 0 Å². The van der Waals surface area contributed by atoms with Crippen LogP contribution in [0.5, 0.6) is 0 Å². The third kappa shape index (κ3) is 4.05. The number of benzene rings is 1. The molecular formula is C14H17NO3. The molecular weight excluding hydrogens is 230 g/mol. The summed E-state index contributed by atoms with van der Waals surface area (Å²) >= 11 is 0. The SMILES string of the molecule is COC(=O)C(C)CC(=O)/C=C(\N)c1ccccc1. The average Bonchev–Trinajstić information content (AvgIpc) is 2.38. The summed E-state index contributed by atoms with van der Waals surface area (Å²) in [6.45, 7) is 1.65. The minimum Gasteiger partial charge on any atom is -0.469 e. The van der Waals surface area contributed by atoms with Gasteiger partial charge in [-0.1, -0.05) is 37.3 Å². The van der Waals surface area contributed by atoms with E-state index in [-0.39, 0.29) is 12.2 Å². The Morgan fingerprint density at radius 1 is 1.33 bits per heavy atom. The quantitative estimate of drug-likeness (QED) is 0.635. The van der Waals surface area contributed by atoms with E-state index >= 15 is 0 Å². The van der Waals surface area contributed by atoms with Crippen molar-refractivity contribution in [3.63, 3.8) is 0 Å². The summed E-state index contributed by atoms with van der Waals surface area (Å²) in [7, 11) is 1.30. The molecule has 0 amide bonds. The summed E-state index contributed by atoms with van der Waals surface area (Å²) in [5.74, 6) is -1.04. The van der Waals surface area contributed by atoms with Crippen molar-refractivity contribution in [3.8, 4) is 0 Å². The Morgan fingerprint density at radius 3 is 2.50 bits per heavy atom. The number of hydrogen-bond donors (Lipinski definition) is 1. The first kappa shape index (κ1) is 14.0. The number of carbonyl (C=O) groups excluding carboxylic acids is 2. The number of hydrogen-bond acceptors (Lipinski definition) is 4. The van der Waals surface area contributed by atoms with Crippen molar-refractivity contribution >= 4 is 17.4 Å². The molecule has 0 aliphatic rings. The molecule has 0 spiro atoms. The molecule has 4 heteroatoms. The first-order valence-electron chi connectivity index (χ1n) is 5.68. The highest BCUT2D eigenvalue weighted by Crippen LogP contribution is 2.11. The third-order valence-electron chi connectivity index (χ3n) is 2.53. The lowest BCUT2D eigenvalue weighted by molar-refractivity contribution is -0.146. The average molecular weight is 247 g/mol. The normalized spacial score (nSPS) is 12.9. The lowest BCUT2D eigenvalue weighted by atomic mass is 10.0. The number of carbonyl (C=O) groups is 2. The predicted molar refractivity (Wildman–Crippen MR) is 69.4 cm³/mol. The van der Waals surface area contributed by atoms with Gasteiger partial charge in [0.2, 0.25) is 0 Å². The molecule has 0 saturated heterocycles. The van der Waals surface area contributed by atoms with Crippen LogP contribution < -0.4 is 5.73 Å². The highest BCUT2D eigenvalue weighted by molar-refractivity contribution is 5.97. The van der Waals surface area contributed by atoms with E-state index in [1.54, 1.807) is 6.92 Å². The Labute approximate surface area is 106 Å². The molecule has 1 aromatic carbocycles. The maximum absolute atomic E-state index is 11.7. The molecule has 1 atom stereocenters. The van der Waals surface area contributed by atoms with Gasteiger partial charge in [-0.3, -0.25) is 9.59 Å². The van der Waals surface area contributed by atoms with Crippen LogP contribution in [0.4, 0.5) is 0 Å². The summed E-state index contributed by atoms with van der Waals surface area (Å²) in [5.41, 5.74) is 6.99. The second kappa shape index (κ2) is 6.59. The third-order valence-corrected chi connectivity index (χ3v) is 2.53. The van der Waals surface area contributed by atoms with Gasteiger partial charge >= 0.3 is 5.97 Å². The van der Waals surface area contributed by atoms with E-state index in [1.807, 2.05) is 30.3 Å². The number of esters is 1. The molecule has 0 aliphatic heterocycles. The molecule has 4 nitrogen and oxygen atoms in total. The van der Waals surface area contributed by atoms with Crippen LogP contribution in [0.2, 0.25) is 0 Å². The molecule has 1 rings (SSSR count). The molecule has 0 saturated carbocycles. The standard InChI is InChI=1S/C14H17NO3/c1-10(14(17)18-2)8-12(16)9-13(15)11-6-4-3-5-7-11/h3-7,9-10H,8,15H2,1-2H3/b13-9-. The molecule has 0 radical (unpaired) electrons. The first-order chi connectivity index (χ1) is 8.54. The van der Waals surface area contributed by atoms with Crippen LogP contribution in [0.1, 0.15) is 18.9 Å². The maximum Gasteiger partial charge on any atom is 0.308 e. The van der Waals surface area contributed by atoms with Crippen LogP contribution in [0.15, 0.2) is 36.4 Å². The summed E-state index contributed by atoms with van der Waals surface area (Å²) < 4.78 is 4.56. The van der Waals surface area contributed by atoms with Gasteiger partial charge in [0.05, 0.1) is 13.0 Å². The molecule has 1 aromatic rings. The fourth-order valence-electron chi connectivity index (χ4n) is 1.53. The number of allylic oxidation sites excluding steroid dienone is 1. The van der Waals surface area contributed by atoms with E-state index in [0.29, 0.717) is 5.70 Å². The second-order valence-corrected chi connectivity index (χ2v) is 4.06. The number of nitrogens with two attached hydrogens (primary N) is 1. The summed E-state index contributed by atoms with van der Waals surface area (Å²) in [6, 6.07) is 9.21. The van der Waals surface area contributed by atoms with Crippen LogP contribution in [-0.2, 0) is 14.3 Å². The predicted octanol–water partition coefficient (Wildman–Crippen LogP) is 1.75. The van der Waals surface area contributed by atoms with Crippen molar-refractivity contribution in [2.45, 2.75) is 13.3 Å². The van der Waals surface area contributed by atoms with Crippen molar-refractivity contribution in [2.24, 2.45) is 11.7 Å². The maximum atomic E-state index is 11.7. The van der Waals surface area contributed by atoms with E-state index in [2.05, 4.69) is 4.74 Å². The van der Waals surface area contributed by atoms with Crippen LogP contribution in [-0.4, -0.2) is 18.9 Å². The Morgan fingerprint density at radius 2 is 1.94 bits per heavy atom. The smallest absolute Gasteiger partial charge is 0.308 e. The van der Waals surface area contributed by atoms with Gasteiger partial charge in [-0.25, -0.2) is 0 Å². The van der Waals surface area contributed by atoms with Crippen LogP contribution in [0, 0.1) is 5.92 Å². The number of ether oxygens (including phenoxy) is 1. The van der Waals surface area contributed by atoms with Gasteiger partial charge in [-0.2, -0.15) is 0 Å². The van der Waals surface area contributed by atoms with Gasteiger partial charge in [-0.15, -0.1) is 0 Å². The molecule has 0 heterocycles. The molecule has 0 bridgehead atoms. The summed E-state index contributed by atoms with van der Waals surface area (Å²) in [6.07, 6.45) is 1.45. The van der Waals surface area contributed by atoms with Crippen LogP contribution in [0.3, 0.4) is 0 Å². The fourth-order valence-corrected chi connectivity index (χ4v) is 1.53. The number of rotatable bonds is 5. The molecule has 2 N–H and O–H groups in total. The van der Waals surface area contributed by atoms with Crippen molar-refractivity contribution < 1.29 is 14.3 Å². The molecule has 0 aromatic heterocycles. The zero-order chi connectivity index (χ0) is 13.5. The largest absolute Gasteiger partial charge is 0.469 e. The van der Waals surface area contributed by atoms with Gasteiger partial charge < -0.3 is 10.5 Å². The van der Waals surface area contributed by atoms with Crippen molar-refractivity contribution in [1.29, 1.82) is 0 Å². The van der Waals surface area contributed by atoms with Crippen LogP contribution >= 0.6 is 0 Å².